The minimum absolute atomic E-state index is 0. The molecule has 4 atom stereocenters. The fourth-order valence-electron chi connectivity index (χ4n) is 1.36. The lowest BCUT2D eigenvalue weighted by Crippen LogP contribution is -2.53. The molecule has 4 N–H and O–H groups in total. The van der Waals surface area contributed by atoms with Crippen LogP contribution in [0.1, 0.15) is 47.5 Å². The standard InChI is InChI=1S/C13H27N3O2.ClH/c1-6-8(3)11(14)13(18)16-10(5)12(17)15-9(4)7-2;/h8-11H,6-7,14H2,1-5H3,(H,15,17)(H,16,18);1H. The van der Waals surface area contributed by atoms with Gasteiger partial charge in [0.2, 0.25) is 11.8 Å². The van der Waals surface area contributed by atoms with Crippen LogP contribution in [0.4, 0.5) is 0 Å². The summed E-state index contributed by atoms with van der Waals surface area (Å²) < 4.78 is 0. The average Bonchev–Trinajstić information content (AvgIpc) is 2.36. The van der Waals surface area contributed by atoms with E-state index < -0.39 is 12.1 Å². The second kappa shape index (κ2) is 10.0. The van der Waals surface area contributed by atoms with Crippen molar-refractivity contribution in [1.82, 2.24) is 10.6 Å². The van der Waals surface area contributed by atoms with E-state index in [-0.39, 0.29) is 36.2 Å². The second-order valence-corrected chi connectivity index (χ2v) is 4.96. The number of carbonyl (C=O) groups excluding carboxylic acids is 2. The van der Waals surface area contributed by atoms with Crippen LogP contribution in [0.5, 0.6) is 0 Å². The van der Waals surface area contributed by atoms with Crippen molar-refractivity contribution < 1.29 is 9.59 Å². The molecule has 0 aliphatic heterocycles. The molecule has 0 aromatic carbocycles. The molecule has 5 nitrogen and oxygen atoms in total. The Morgan fingerprint density at radius 2 is 1.53 bits per heavy atom. The summed E-state index contributed by atoms with van der Waals surface area (Å²) in [5, 5.41) is 5.47. The Hall–Kier alpha value is -0.810. The first kappa shape index (κ1) is 20.5. The summed E-state index contributed by atoms with van der Waals surface area (Å²) in [4.78, 5) is 23.5. The number of nitrogens with one attached hydrogen (secondary N) is 2. The van der Waals surface area contributed by atoms with E-state index in [1.165, 1.54) is 0 Å². The van der Waals surface area contributed by atoms with Crippen LogP contribution in [0.15, 0.2) is 0 Å². The van der Waals surface area contributed by atoms with Crippen molar-refractivity contribution in [2.24, 2.45) is 11.7 Å². The summed E-state index contributed by atoms with van der Waals surface area (Å²) >= 11 is 0. The maximum Gasteiger partial charge on any atom is 0.242 e. The van der Waals surface area contributed by atoms with Gasteiger partial charge in [0.15, 0.2) is 0 Å². The highest BCUT2D eigenvalue weighted by molar-refractivity contribution is 5.89. The van der Waals surface area contributed by atoms with Crippen LogP contribution in [-0.4, -0.2) is 29.9 Å². The van der Waals surface area contributed by atoms with Gasteiger partial charge in [0.1, 0.15) is 6.04 Å². The highest BCUT2D eigenvalue weighted by Gasteiger charge is 2.23. The van der Waals surface area contributed by atoms with E-state index >= 15 is 0 Å². The number of halogens is 1. The third-order valence-corrected chi connectivity index (χ3v) is 3.31. The lowest BCUT2D eigenvalue weighted by atomic mass is 9.99. The molecule has 0 aromatic heterocycles. The predicted molar refractivity (Wildman–Crippen MR) is 80.2 cm³/mol. The van der Waals surface area contributed by atoms with Crippen LogP contribution in [0.3, 0.4) is 0 Å². The Kier molecular flexibility index (Phi) is 10.8. The third-order valence-electron chi connectivity index (χ3n) is 3.31. The minimum Gasteiger partial charge on any atom is -0.352 e. The molecule has 0 radical (unpaired) electrons. The number of hydrogen-bond donors (Lipinski definition) is 3. The number of carbonyl (C=O) groups is 2. The first-order valence-electron chi connectivity index (χ1n) is 6.69. The fraction of sp³-hybridized carbons (Fsp3) is 0.846. The molecule has 0 saturated carbocycles. The van der Waals surface area contributed by atoms with Gasteiger partial charge >= 0.3 is 0 Å². The molecule has 0 fully saturated rings. The average molecular weight is 294 g/mol. The molecule has 0 saturated heterocycles. The Bertz CT molecular complexity index is 287. The second-order valence-electron chi connectivity index (χ2n) is 4.96. The van der Waals surface area contributed by atoms with Gasteiger partial charge in [-0.3, -0.25) is 9.59 Å². The summed E-state index contributed by atoms with van der Waals surface area (Å²) in [6.45, 7) is 9.49. The molecule has 0 aliphatic rings. The fourth-order valence-corrected chi connectivity index (χ4v) is 1.36. The van der Waals surface area contributed by atoms with Gasteiger partial charge in [0, 0.05) is 6.04 Å². The molecule has 2 amide bonds. The summed E-state index contributed by atoms with van der Waals surface area (Å²) in [6.07, 6.45) is 1.70. The van der Waals surface area contributed by atoms with Gasteiger partial charge in [-0.05, 0) is 26.2 Å². The van der Waals surface area contributed by atoms with Crippen molar-refractivity contribution in [3.05, 3.63) is 0 Å². The summed E-state index contributed by atoms with van der Waals surface area (Å²) in [7, 11) is 0. The van der Waals surface area contributed by atoms with E-state index in [1.54, 1.807) is 6.92 Å². The summed E-state index contributed by atoms with van der Waals surface area (Å²) in [5.74, 6) is -0.333. The Labute approximate surface area is 122 Å². The molecule has 0 aromatic rings. The number of amides is 2. The molecule has 0 aliphatic carbocycles. The predicted octanol–water partition coefficient (Wildman–Crippen LogP) is 1.20. The van der Waals surface area contributed by atoms with Gasteiger partial charge in [-0.15, -0.1) is 12.4 Å². The monoisotopic (exact) mass is 293 g/mol. The Balaban J connectivity index is 0. The minimum atomic E-state index is -0.561. The molecular formula is C13H28ClN3O2. The van der Waals surface area contributed by atoms with E-state index in [0.29, 0.717) is 0 Å². The number of rotatable bonds is 7. The van der Waals surface area contributed by atoms with E-state index in [1.807, 2.05) is 27.7 Å². The molecule has 4 unspecified atom stereocenters. The lowest BCUT2D eigenvalue weighted by Gasteiger charge is -2.21. The van der Waals surface area contributed by atoms with Crippen LogP contribution in [-0.2, 0) is 9.59 Å². The topological polar surface area (TPSA) is 84.2 Å². The SMILES string of the molecule is CCC(C)NC(=O)C(C)NC(=O)C(N)C(C)CC.Cl. The van der Waals surface area contributed by atoms with Gasteiger partial charge in [-0.25, -0.2) is 0 Å². The van der Waals surface area contributed by atoms with Gasteiger partial charge in [0.25, 0.3) is 0 Å². The van der Waals surface area contributed by atoms with Gasteiger partial charge in [-0.1, -0.05) is 27.2 Å². The van der Waals surface area contributed by atoms with Crippen LogP contribution >= 0.6 is 12.4 Å². The van der Waals surface area contributed by atoms with Crippen molar-refractivity contribution in [1.29, 1.82) is 0 Å². The van der Waals surface area contributed by atoms with Crippen LogP contribution in [0, 0.1) is 5.92 Å². The number of nitrogens with two attached hydrogens (primary N) is 1. The molecular weight excluding hydrogens is 266 g/mol. The zero-order chi connectivity index (χ0) is 14.3. The molecule has 0 rings (SSSR count). The molecule has 6 heteroatoms. The van der Waals surface area contributed by atoms with Crippen molar-refractivity contribution in [3.63, 3.8) is 0 Å². The van der Waals surface area contributed by atoms with Crippen molar-refractivity contribution in [2.45, 2.75) is 65.6 Å². The van der Waals surface area contributed by atoms with Gasteiger partial charge in [-0.2, -0.15) is 0 Å². The highest BCUT2D eigenvalue weighted by atomic mass is 35.5. The lowest BCUT2D eigenvalue weighted by molar-refractivity contribution is -0.130. The number of hydrogen-bond acceptors (Lipinski definition) is 3. The van der Waals surface area contributed by atoms with E-state index in [4.69, 9.17) is 5.73 Å². The van der Waals surface area contributed by atoms with E-state index in [2.05, 4.69) is 10.6 Å². The largest absolute Gasteiger partial charge is 0.352 e. The van der Waals surface area contributed by atoms with E-state index in [0.717, 1.165) is 12.8 Å². The summed E-state index contributed by atoms with van der Waals surface area (Å²) in [6, 6.07) is -1.00. The van der Waals surface area contributed by atoms with Crippen molar-refractivity contribution in [3.8, 4) is 0 Å². The smallest absolute Gasteiger partial charge is 0.242 e. The first-order chi connectivity index (χ1) is 8.33. The maximum atomic E-state index is 11.8. The van der Waals surface area contributed by atoms with Gasteiger partial charge < -0.3 is 16.4 Å². The zero-order valence-electron chi connectivity index (χ0n) is 12.5. The first-order valence-corrected chi connectivity index (χ1v) is 6.69. The van der Waals surface area contributed by atoms with Crippen molar-refractivity contribution in [2.75, 3.05) is 0 Å². The molecule has 0 heterocycles. The van der Waals surface area contributed by atoms with Crippen LogP contribution in [0.2, 0.25) is 0 Å². The molecule has 19 heavy (non-hydrogen) atoms. The molecule has 114 valence electrons. The normalized spacial score (nSPS) is 16.5. The van der Waals surface area contributed by atoms with E-state index in [9.17, 15) is 9.59 Å². The summed E-state index contributed by atoms with van der Waals surface area (Å²) in [5.41, 5.74) is 5.80. The maximum absolute atomic E-state index is 11.8. The molecule has 0 spiro atoms. The van der Waals surface area contributed by atoms with Crippen LogP contribution < -0.4 is 16.4 Å². The zero-order valence-corrected chi connectivity index (χ0v) is 13.3. The quantitative estimate of drug-likeness (QED) is 0.659. The van der Waals surface area contributed by atoms with Crippen LogP contribution in [0.25, 0.3) is 0 Å². The highest BCUT2D eigenvalue weighted by Crippen LogP contribution is 2.05. The third kappa shape index (κ3) is 7.38. The Morgan fingerprint density at radius 1 is 1.00 bits per heavy atom. The van der Waals surface area contributed by atoms with Crippen molar-refractivity contribution >= 4 is 24.2 Å². The van der Waals surface area contributed by atoms with Gasteiger partial charge in [0.05, 0.1) is 6.04 Å². The molecule has 0 bridgehead atoms. The Morgan fingerprint density at radius 3 is 1.95 bits per heavy atom.